The zero-order valence-electron chi connectivity index (χ0n) is 12.2. The minimum Gasteiger partial charge on any atom is -0.508 e. The number of phenolic OH excluding ortho intramolecular Hbond substituents is 1. The van der Waals surface area contributed by atoms with E-state index in [0.717, 1.165) is 18.5 Å². The summed E-state index contributed by atoms with van der Waals surface area (Å²) < 4.78 is 0. The van der Waals surface area contributed by atoms with Crippen LogP contribution in [0.1, 0.15) is 32.3 Å². The molecule has 20 heavy (non-hydrogen) atoms. The summed E-state index contributed by atoms with van der Waals surface area (Å²) in [5, 5.41) is 9.26. The van der Waals surface area contributed by atoms with E-state index < -0.39 is 6.04 Å². The van der Waals surface area contributed by atoms with Crippen LogP contribution >= 0.6 is 0 Å². The summed E-state index contributed by atoms with van der Waals surface area (Å²) in [6.45, 7) is 5.08. The lowest BCUT2D eigenvalue weighted by atomic mass is 9.94. The molecule has 4 heteroatoms. The minimum absolute atomic E-state index is 0.0390. The van der Waals surface area contributed by atoms with Crippen molar-refractivity contribution in [1.82, 2.24) is 4.90 Å². The van der Waals surface area contributed by atoms with Crippen LogP contribution in [0.4, 0.5) is 0 Å². The molecule has 1 heterocycles. The average Bonchev–Trinajstić information content (AvgIpc) is 2.43. The third-order valence-corrected chi connectivity index (χ3v) is 4.11. The Morgan fingerprint density at radius 3 is 2.65 bits per heavy atom. The number of phenols is 1. The molecule has 4 nitrogen and oxygen atoms in total. The number of nitrogens with two attached hydrogens (primary N) is 1. The van der Waals surface area contributed by atoms with E-state index >= 15 is 0 Å². The molecule has 0 aliphatic carbocycles. The monoisotopic (exact) mass is 276 g/mol. The van der Waals surface area contributed by atoms with Crippen LogP contribution in [0.15, 0.2) is 24.3 Å². The molecular formula is C16H24N2O2. The van der Waals surface area contributed by atoms with Crippen LogP contribution < -0.4 is 5.73 Å². The number of carbonyl (C=O) groups is 1. The predicted octanol–water partition coefficient (Wildman–Crippen LogP) is 1.91. The van der Waals surface area contributed by atoms with Crippen molar-refractivity contribution in [3.8, 4) is 5.75 Å². The lowest BCUT2D eigenvalue weighted by Crippen LogP contribution is -2.52. The Morgan fingerprint density at radius 2 is 2.00 bits per heavy atom. The van der Waals surface area contributed by atoms with Gasteiger partial charge in [-0.05, 0) is 49.8 Å². The number of benzene rings is 1. The molecule has 1 fully saturated rings. The normalized spacial score (nSPS) is 24.4. The van der Waals surface area contributed by atoms with Gasteiger partial charge in [0.05, 0.1) is 6.04 Å². The molecule has 0 spiro atoms. The van der Waals surface area contributed by atoms with Crippen molar-refractivity contribution in [1.29, 1.82) is 0 Å². The molecule has 0 aromatic heterocycles. The number of hydrogen-bond donors (Lipinski definition) is 2. The summed E-state index contributed by atoms with van der Waals surface area (Å²) in [5.41, 5.74) is 7.05. The quantitative estimate of drug-likeness (QED) is 0.886. The molecule has 1 aromatic rings. The van der Waals surface area contributed by atoms with Gasteiger partial charge in [-0.2, -0.15) is 0 Å². The first-order chi connectivity index (χ1) is 9.47. The van der Waals surface area contributed by atoms with Gasteiger partial charge in [0.1, 0.15) is 5.75 Å². The second-order valence-corrected chi connectivity index (χ2v) is 6.00. The van der Waals surface area contributed by atoms with Gasteiger partial charge < -0.3 is 15.7 Å². The highest BCUT2D eigenvalue weighted by Crippen LogP contribution is 2.22. The zero-order valence-corrected chi connectivity index (χ0v) is 12.2. The van der Waals surface area contributed by atoms with Crippen molar-refractivity contribution in [2.24, 2.45) is 11.7 Å². The Balaban J connectivity index is 1.99. The predicted molar refractivity (Wildman–Crippen MR) is 79.4 cm³/mol. The van der Waals surface area contributed by atoms with Crippen molar-refractivity contribution in [3.05, 3.63) is 29.8 Å². The molecule has 2 unspecified atom stereocenters. The molecule has 3 atom stereocenters. The lowest BCUT2D eigenvalue weighted by molar-refractivity contribution is -0.136. The van der Waals surface area contributed by atoms with Crippen LogP contribution in [-0.4, -0.2) is 34.5 Å². The molecule has 0 radical (unpaired) electrons. The van der Waals surface area contributed by atoms with E-state index in [-0.39, 0.29) is 17.7 Å². The van der Waals surface area contributed by atoms with Crippen LogP contribution in [0, 0.1) is 5.92 Å². The molecule has 1 aliphatic heterocycles. The number of aromatic hydroxyl groups is 1. The molecule has 1 aliphatic rings. The third kappa shape index (κ3) is 3.51. The van der Waals surface area contributed by atoms with Gasteiger partial charge >= 0.3 is 0 Å². The van der Waals surface area contributed by atoms with Gasteiger partial charge in [0.15, 0.2) is 0 Å². The van der Waals surface area contributed by atoms with Crippen molar-refractivity contribution < 1.29 is 9.90 Å². The molecule has 1 aromatic carbocycles. The minimum atomic E-state index is -0.507. The van der Waals surface area contributed by atoms with E-state index in [1.807, 2.05) is 17.0 Å². The Labute approximate surface area is 120 Å². The van der Waals surface area contributed by atoms with E-state index in [4.69, 9.17) is 5.73 Å². The van der Waals surface area contributed by atoms with Gasteiger partial charge in [-0.15, -0.1) is 0 Å². The molecule has 1 saturated heterocycles. The second kappa shape index (κ2) is 6.27. The Morgan fingerprint density at radius 1 is 1.35 bits per heavy atom. The molecule has 110 valence electrons. The summed E-state index contributed by atoms with van der Waals surface area (Å²) in [7, 11) is 0. The van der Waals surface area contributed by atoms with E-state index in [0.29, 0.717) is 12.3 Å². The summed E-state index contributed by atoms with van der Waals surface area (Å²) in [6, 6.07) is 6.64. The number of hydrogen-bond acceptors (Lipinski definition) is 3. The van der Waals surface area contributed by atoms with Gasteiger partial charge in [0, 0.05) is 12.6 Å². The highest BCUT2D eigenvalue weighted by atomic mass is 16.3. The van der Waals surface area contributed by atoms with Crippen LogP contribution in [0.3, 0.4) is 0 Å². The van der Waals surface area contributed by atoms with Crippen molar-refractivity contribution in [3.63, 3.8) is 0 Å². The number of piperidine rings is 1. The number of rotatable bonds is 3. The molecule has 0 saturated carbocycles. The van der Waals surface area contributed by atoms with Crippen molar-refractivity contribution in [2.75, 3.05) is 6.54 Å². The number of carbonyl (C=O) groups excluding carboxylic acids is 1. The van der Waals surface area contributed by atoms with E-state index in [1.165, 1.54) is 6.42 Å². The molecule has 2 rings (SSSR count). The smallest absolute Gasteiger partial charge is 0.240 e. The van der Waals surface area contributed by atoms with E-state index in [2.05, 4.69) is 13.8 Å². The summed E-state index contributed by atoms with van der Waals surface area (Å²) in [4.78, 5) is 14.4. The van der Waals surface area contributed by atoms with Crippen molar-refractivity contribution in [2.45, 2.75) is 45.2 Å². The first kappa shape index (κ1) is 14.9. The SMILES string of the molecule is CC1CCC(C)N(C(=O)[C@@H](N)Cc2ccc(O)cc2)C1. The average molecular weight is 276 g/mol. The zero-order chi connectivity index (χ0) is 14.7. The Kier molecular flexibility index (Phi) is 4.65. The van der Waals surface area contributed by atoms with Gasteiger partial charge in [0.25, 0.3) is 0 Å². The summed E-state index contributed by atoms with van der Waals surface area (Å²) >= 11 is 0. The standard InChI is InChI=1S/C16H24N2O2/c1-11-3-4-12(2)18(10-11)16(20)15(17)9-13-5-7-14(19)8-6-13/h5-8,11-12,15,19H,3-4,9-10,17H2,1-2H3/t11?,12?,15-/m0/s1. The van der Waals surface area contributed by atoms with Crippen LogP contribution in [-0.2, 0) is 11.2 Å². The molecule has 3 N–H and O–H groups in total. The second-order valence-electron chi connectivity index (χ2n) is 6.00. The summed E-state index contributed by atoms with van der Waals surface area (Å²) in [6.07, 6.45) is 2.74. The molecule has 0 bridgehead atoms. The Hall–Kier alpha value is -1.55. The maximum absolute atomic E-state index is 12.5. The fourth-order valence-corrected chi connectivity index (χ4v) is 2.78. The third-order valence-electron chi connectivity index (χ3n) is 4.11. The van der Waals surface area contributed by atoms with E-state index in [1.54, 1.807) is 12.1 Å². The maximum Gasteiger partial charge on any atom is 0.240 e. The highest BCUT2D eigenvalue weighted by Gasteiger charge is 2.29. The fourth-order valence-electron chi connectivity index (χ4n) is 2.78. The van der Waals surface area contributed by atoms with Crippen molar-refractivity contribution >= 4 is 5.91 Å². The largest absolute Gasteiger partial charge is 0.508 e. The number of nitrogens with zero attached hydrogens (tertiary/aromatic N) is 1. The number of likely N-dealkylation sites (tertiary alicyclic amines) is 1. The topological polar surface area (TPSA) is 66.6 Å². The van der Waals surface area contributed by atoms with E-state index in [9.17, 15) is 9.90 Å². The number of amides is 1. The van der Waals surface area contributed by atoms with Crippen LogP contribution in [0.25, 0.3) is 0 Å². The Bertz CT molecular complexity index is 458. The lowest BCUT2D eigenvalue weighted by Gasteiger charge is -2.38. The van der Waals surface area contributed by atoms with Gasteiger partial charge in [0.2, 0.25) is 5.91 Å². The van der Waals surface area contributed by atoms with Gasteiger partial charge in [-0.3, -0.25) is 4.79 Å². The summed E-state index contributed by atoms with van der Waals surface area (Å²) in [5.74, 6) is 0.820. The van der Waals surface area contributed by atoms with Crippen LogP contribution in [0.5, 0.6) is 5.75 Å². The van der Waals surface area contributed by atoms with Gasteiger partial charge in [-0.25, -0.2) is 0 Å². The molecule has 1 amide bonds. The highest BCUT2D eigenvalue weighted by molar-refractivity contribution is 5.82. The maximum atomic E-state index is 12.5. The first-order valence-electron chi connectivity index (χ1n) is 7.31. The van der Waals surface area contributed by atoms with Gasteiger partial charge in [-0.1, -0.05) is 19.1 Å². The van der Waals surface area contributed by atoms with Crippen LogP contribution in [0.2, 0.25) is 0 Å². The fraction of sp³-hybridized carbons (Fsp3) is 0.562. The molecular weight excluding hydrogens is 252 g/mol. The first-order valence-corrected chi connectivity index (χ1v) is 7.31.